The summed E-state index contributed by atoms with van der Waals surface area (Å²) < 4.78 is 6.12. The molecule has 1 aliphatic carbocycles. The van der Waals surface area contributed by atoms with Gasteiger partial charge in [-0.2, -0.15) is 0 Å². The molecular weight excluding hydrogens is 462 g/mol. The smallest absolute Gasteiger partial charge is 0.229 e. The maximum atomic E-state index is 13.2. The van der Waals surface area contributed by atoms with Gasteiger partial charge in [-0.05, 0) is 80.5 Å². The van der Waals surface area contributed by atoms with Gasteiger partial charge in [-0.1, -0.05) is 18.2 Å². The Morgan fingerprint density at radius 2 is 1.94 bits per heavy atom. The molecule has 0 bridgehead atoms. The number of piperazine rings is 1. The molecule has 2 aromatic rings. The number of benzene rings is 2. The van der Waals surface area contributed by atoms with E-state index < -0.39 is 0 Å². The lowest BCUT2D eigenvalue weighted by Crippen LogP contribution is -2.48. The van der Waals surface area contributed by atoms with Crippen molar-refractivity contribution in [1.82, 2.24) is 10.2 Å². The van der Waals surface area contributed by atoms with Gasteiger partial charge >= 0.3 is 0 Å². The summed E-state index contributed by atoms with van der Waals surface area (Å²) >= 11 is 0. The van der Waals surface area contributed by atoms with Crippen LogP contribution in [-0.2, 0) is 17.9 Å². The van der Waals surface area contributed by atoms with Crippen LogP contribution in [0.4, 0.5) is 5.69 Å². The highest BCUT2D eigenvalue weighted by atomic mass is 35.5. The Bertz CT molecular complexity index is 978. The summed E-state index contributed by atoms with van der Waals surface area (Å²) in [5.41, 5.74) is 4.40. The molecule has 0 radical (unpaired) electrons. The molecule has 0 aromatic heterocycles. The largest absolute Gasteiger partial charge is 0.490 e. The van der Waals surface area contributed by atoms with Crippen molar-refractivity contribution in [3.8, 4) is 5.75 Å². The monoisotopic (exact) mass is 501 g/mol. The third-order valence-electron chi connectivity index (χ3n) is 7.30. The van der Waals surface area contributed by atoms with Crippen LogP contribution in [-0.4, -0.2) is 54.7 Å². The van der Waals surface area contributed by atoms with Crippen molar-refractivity contribution in [2.45, 2.75) is 64.8 Å². The molecule has 1 atom stereocenters. The topological polar surface area (TPSA) is 65.0 Å². The maximum absolute atomic E-state index is 13.2. The zero-order valence-electron chi connectivity index (χ0n) is 21.2. The van der Waals surface area contributed by atoms with E-state index in [1.807, 2.05) is 36.2 Å². The number of hydrogen-bond donors (Lipinski definition) is 2. The van der Waals surface area contributed by atoms with Crippen molar-refractivity contribution in [3.05, 3.63) is 59.2 Å². The van der Waals surface area contributed by atoms with Gasteiger partial charge in [0.05, 0.1) is 12.7 Å². The fourth-order valence-corrected chi connectivity index (χ4v) is 5.20. The fraction of sp³-hybridized carbons (Fsp3) is 0.536. The molecule has 2 fully saturated rings. The number of rotatable bonds is 7. The summed E-state index contributed by atoms with van der Waals surface area (Å²) in [5, 5.41) is 12.8. The second-order valence-electron chi connectivity index (χ2n) is 10.00. The summed E-state index contributed by atoms with van der Waals surface area (Å²) in [4.78, 5) is 17.6. The Morgan fingerprint density at radius 3 is 2.63 bits per heavy atom. The maximum Gasteiger partial charge on any atom is 0.229 e. The van der Waals surface area contributed by atoms with E-state index in [1.165, 1.54) is 11.1 Å². The van der Waals surface area contributed by atoms with Gasteiger partial charge in [-0.3, -0.25) is 9.69 Å². The number of nitrogens with one attached hydrogen (secondary N) is 1. The van der Waals surface area contributed by atoms with Gasteiger partial charge in [-0.25, -0.2) is 0 Å². The number of nitrogens with zero attached hydrogens (tertiary/aromatic N) is 2. The van der Waals surface area contributed by atoms with Crippen molar-refractivity contribution < 1.29 is 14.6 Å². The third kappa shape index (κ3) is 7.20. The van der Waals surface area contributed by atoms with E-state index in [4.69, 9.17) is 4.74 Å². The van der Waals surface area contributed by atoms with E-state index in [-0.39, 0.29) is 36.9 Å². The van der Waals surface area contributed by atoms with Crippen molar-refractivity contribution >= 4 is 24.0 Å². The molecule has 0 unspecified atom stereocenters. The minimum atomic E-state index is 0. The number of anilines is 1. The summed E-state index contributed by atoms with van der Waals surface area (Å²) in [6.07, 6.45) is 3.54. The van der Waals surface area contributed by atoms with Crippen LogP contribution in [0.1, 0.15) is 49.3 Å². The first-order valence-electron chi connectivity index (χ1n) is 12.6. The van der Waals surface area contributed by atoms with Gasteiger partial charge in [0.15, 0.2) is 0 Å². The van der Waals surface area contributed by atoms with E-state index in [0.717, 1.165) is 68.9 Å². The molecule has 0 spiro atoms. The van der Waals surface area contributed by atoms with Crippen molar-refractivity contribution in [2.24, 2.45) is 5.92 Å². The number of aliphatic hydroxyl groups is 1. The van der Waals surface area contributed by atoms with Crippen LogP contribution in [0.5, 0.6) is 5.75 Å². The molecule has 2 N–H and O–H groups in total. The van der Waals surface area contributed by atoms with Gasteiger partial charge in [-0.15, -0.1) is 12.4 Å². The molecule has 35 heavy (non-hydrogen) atoms. The standard InChI is InChI=1S/C28H39N3O3.ClH/c1-20-15-25(10-7-24(20)18-31-14-13-29-21(2)17-31)30(3)28(33)23-8-11-26(12-9-23)34-27-6-4-5-22(16-27)19-32;/h4-7,10,15-16,21,23,26,29,32H,8-9,11-14,17-19H2,1-3H3;1H/t21-,23?,26?;/m0./s1. The molecule has 4 rings (SSSR count). The van der Waals surface area contributed by atoms with E-state index >= 15 is 0 Å². The Morgan fingerprint density at radius 1 is 1.17 bits per heavy atom. The lowest BCUT2D eigenvalue weighted by Gasteiger charge is -2.32. The Balaban J connectivity index is 0.00000342. The van der Waals surface area contributed by atoms with Crippen LogP contribution in [0.25, 0.3) is 0 Å². The first-order chi connectivity index (χ1) is 16.4. The fourth-order valence-electron chi connectivity index (χ4n) is 5.20. The number of ether oxygens (including phenoxy) is 1. The van der Waals surface area contributed by atoms with E-state index in [9.17, 15) is 9.90 Å². The summed E-state index contributed by atoms with van der Waals surface area (Å²) in [6, 6.07) is 14.6. The SMILES string of the molecule is Cc1cc(N(C)C(=O)C2CCC(Oc3cccc(CO)c3)CC2)ccc1CN1CCN[C@@H](C)C1.Cl. The van der Waals surface area contributed by atoms with E-state index in [2.05, 4.69) is 42.3 Å². The first-order valence-corrected chi connectivity index (χ1v) is 12.6. The summed E-state index contributed by atoms with van der Waals surface area (Å²) in [5.74, 6) is 1.03. The summed E-state index contributed by atoms with van der Waals surface area (Å²) in [7, 11) is 1.90. The van der Waals surface area contributed by atoms with Gasteiger partial charge in [0.2, 0.25) is 5.91 Å². The Labute approximate surface area is 216 Å². The number of carbonyl (C=O) groups excluding carboxylic acids is 1. The third-order valence-corrected chi connectivity index (χ3v) is 7.30. The predicted octanol–water partition coefficient (Wildman–Crippen LogP) is 4.30. The highest BCUT2D eigenvalue weighted by Crippen LogP contribution is 2.31. The second kappa shape index (κ2) is 12.7. The van der Waals surface area contributed by atoms with Gasteiger partial charge < -0.3 is 20.1 Å². The first kappa shape index (κ1) is 27.5. The molecule has 2 aromatic carbocycles. The molecule has 2 aliphatic rings. The van der Waals surface area contributed by atoms with Crippen LogP contribution < -0.4 is 15.0 Å². The lowest BCUT2D eigenvalue weighted by atomic mass is 9.86. The molecule has 192 valence electrons. The number of halogens is 1. The number of amides is 1. The van der Waals surface area contributed by atoms with Crippen LogP contribution in [0.2, 0.25) is 0 Å². The highest BCUT2D eigenvalue weighted by molar-refractivity contribution is 5.94. The number of aliphatic hydroxyl groups excluding tert-OH is 1. The minimum Gasteiger partial charge on any atom is -0.490 e. The van der Waals surface area contributed by atoms with E-state index in [1.54, 1.807) is 0 Å². The van der Waals surface area contributed by atoms with Crippen LogP contribution in [0, 0.1) is 12.8 Å². The molecule has 1 saturated heterocycles. The molecule has 6 nitrogen and oxygen atoms in total. The Hall–Kier alpha value is -2.12. The van der Waals surface area contributed by atoms with Crippen LogP contribution in [0.15, 0.2) is 42.5 Å². The zero-order valence-corrected chi connectivity index (χ0v) is 22.0. The molecule has 7 heteroatoms. The highest BCUT2D eigenvalue weighted by Gasteiger charge is 2.30. The zero-order chi connectivity index (χ0) is 24.1. The molecule has 1 heterocycles. The van der Waals surface area contributed by atoms with Crippen molar-refractivity contribution in [2.75, 3.05) is 31.6 Å². The van der Waals surface area contributed by atoms with Crippen LogP contribution in [0.3, 0.4) is 0 Å². The van der Waals surface area contributed by atoms with Gasteiger partial charge in [0, 0.05) is 50.9 Å². The second-order valence-corrected chi connectivity index (χ2v) is 10.00. The predicted molar refractivity (Wildman–Crippen MR) is 143 cm³/mol. The molecule has 1 aliphatic heterocycles. The molecule has 1 amide bonds. The molecular formula is C28H40ClN3O3. The average Bonchev–Trinajstić information content (AvgIpc) is 2.85. The lowest BCUT2D eigenvalue weighted by molar-refractivity contribution is -0.123. The Kier molecular flexibility index (Phi) is 9.99. The average molecular weight is 502 g/mol. The van der Waals surface area contributed by atoms with Crippen LogP contribution >= 0.6 is 12.4 Å². The number of hydrogen-bond acceptors (Lipinski definition) is 5. The van der Waals surface area contributed by atoms with E-state index in [0.29, 0.717) is 6.04 Å². The van der Waals surface area contributed by atoms with Crippen molar-refractivity contribution in [3.63, 3.8) is 0 Å². The quantitative estimate of drug-likeness (QED) is 0.592. The molecule has 1 saturated carbocycles. The van der Waals surface area contributed by atoms with Crippen molar-refractivity contribution in [1.29, 1.82) is 0 Å². The minimum absolute atomic E-state index is 0. The van der Waals surface area contributed by atoms with Gasteiger partial charge in [0.1, 0.15) is 5.75 Å². The normalized spacial score (nSPS) is 22.8. The summed E-state index contributed by atoms with van der Waals surface area (Å²) in [6.45, 7) is 8.54. The van der Waals surface area contributed by atoms with Gasteiger partial charge in [0.25, 0.3) is 0 Å². The number of carbonyl (C=O) groups is 1. The number of aryl methyl sites for hydroxylation is 1.